The number of hydrogen-bond acceptors (Lipinski definition) is 5. The molecule has 1 saturated heterocycles. The van der Waals surface area contributed by atoms with Gasteiger partial charge in [-0.3, -0.25) is 0 Å². The van der Waals surface area contributed by atoms with Crippen LogP contribution in [-0.2, 0) is 0 Å². The molecule has 5 heteroatoms. The first-order valence-electron chi connectivity index (χ1n) is 6.60. The summed E-state index contributed by atoms with van der Waals surface area (Å²) in [5, 5.41) is 3.26. The molecule has 2 aliphatic rings. The molecule has 0 aromatic carbocycles. The number of nitrogens with zero attached hydrogens (tertiary/aromatic N) is 4. The molecular formula is C15H17N5. The zero-order valence-electron chi connectivity index (χ0n) is 11.5. The molecule has 20 heavy (non-hydrogen) atoms. The highest BCUT2D eigenvalue weighted by Crippen LogP contribution is 2.32. The Kier molecular flexibility index (Phi) is 3.17. The lowest BCUT2D eigenvalue weighted by molar-refractivity contribution is 0.222. The minimum atomic E-state index is 0.549. The Morgan fingerprint density at radius 3 is 3.00 bits per heavy atom. The van der Waals surface area contributed by atoms with E-state index < -0.39 is 0 Å². The number of nitrogens with one attached hydrogen (secondary N) is 1. The second kappa shape index (κ2) is 4.99. The standard InChI is InChI=1S/C15H17N5/c1-4-11-6-13-15(17-7-11)18-14(10-19(13)5-2)20-8-12(9-20)16-3/h1,5-7,12,16H,2,8-10H2,3H3. The lowest BCUT2D eigenvalue weighted by atomic mass is 10.1. The van der Waals surface area contributed by atoms with E-state index in [9.17, 15) is 0 Å². The number of likely N-dealkylation sites (tertiary alicyclic amines) is 1. The molecule has 0 unspecified atom stereocenters. The number of fused-ring (bicyclic) bond motifs is 1. The second-order valence-electron chi connectivity index (χ2n) is 4.94. The minimum Gasteiger partial charge on any atom is -0.355 e. The number of hydrogen-bond donors (Lipinski definition) is 1. The number of terminal acetylenes is 1. The van der Waals surface area contributed by atoms with Crippen LogP contribution in [0, 0.1) is 12.3 Å². The molecule has 1 N–H and O–H groups in total. The molecule has 1 fully saturated rings. The number of aliphatic imine (C=N–C) groups is 1. The molecule has 0 amide bonds. The molecule has 5 nitrogen and oxygen atoms in total. The van der Waals surface area contributed by atoms with Crippen molar-refractivity contribution in [3.8, 4) is 12.3 Å². The number of amidine groups is 1. The average Bonchev–Trinajstić information content (AvgIpc) is 2.44. The van der Waals surface area contributed by atoms with E-state index in [1.54, 1.807) is 12.4 Å². The van der Waals surface area contributed by atoms with Crippen LogP contribution < -0.4 is 10.2 Å². The summed E-state index contributed by atoms with van der Waals surface area (Å²) in [5.74, 6) is 4.34. The third kappa shape index (κ3) is 2.04. The molecular weight excluding hydrogens is 250 g/mol. The summed E-state index contributed by atoms with van der Waals surface area (Å²) < 4.78 is 0. The molecule has 0 saturated carbocycles. The summed E-state index contributed by atoms with van der Waals surface area (Å²) in [6.45, 7) is 6.55. The summed E-state index contributed by atoms with van der Waals surface area (Å²) >= 11 is 0. The zero-order chi connectivity index (χ0) is 14.1. The van der Waals surface area contributed by atoms with Gasteiger partial charge in [-0.15, -0.1) is 6.42 Å². The van der Waals surface area contributed by atoms with Gasteiger partial charge in [0.25, 0.3) is 0 Å². The van der Waals surface area contributed by atoms with Crippen LogP contribution in [0.1, 0.15) is 5.56 Å². The minimum absolute atomic E-state index is 0.549. The first-order chi connectivity index (χ1) is 9.75. The predicted molar refractivity (Wildman–Crippen MR) is 81.2 cm³/mol. The Morgan fingerprint density at radius 2 is 2.35 bits per heavy atom. The maximum Gasteiger partial charge on any atom is 0.178 e. The third-order valence-electron chi connectivity index (χ3n) is 3.75. The lowest BCUT2D eigenvalue weighted by Gasteiger charge is -2.43. The number of aromatic nitrogens is 1. The van der Waals surface area contributed by atoms with Crippen LogP contribution in [0.2, 0.25) is 0 Å². The largest absolute Gasteiger partial charge is 0.355 e. The number of rotatable bonds is 2. The molecule has 2 aliphatic heterocycles. The van der Waals surface area contributed by atoms with Gasteiger partial charge in [-0.2, -0.15) is 0 Å². The van der Waals surface area contributed by atoms with Crippen molar-refractivity contribution in [3.63, 3.8) is 0 Å². The van der Waals surface area contributed by atoms with Crippen molar-refractivity contribution in [1.29, 1.82) is 0 Å². The monoisotopic (exact) mass is 267 g/mol. The van der Waals surface area contributed by atoms with E-state index in [4.69, 9.17) is 6.42 Å². The van der Waals surface area contributed by atoms with Crippen molar-refractivity contribution < 1.29 is 0 Å². The van der Waals surface area contributed by atoms with Crippen molar-refractivity contribution in [2.24, 2.45) is 4.99 Å². The van der Waals surface area contributed by atoms with E-state index in [1.165, 1.54) is 0 Å². The van der Waals surface area contributed by atoms with Gasteiger partial charge < -0.3 is 15.1 Å². The predicted octanol–water partition coefficient (Wildman–Crippen LogP) is 0.960. The van der Waals surface area contributed by atoms with E-state index >= 15 is 0 Å². The fourth-order valence-electron chi connectivity index (χ4n) is 2.42. The normalized spacial score (nSPS) is 17.9. The van der Waals surface area contributed by atoms with Crippen molar-refractivity contribution >= 4 is 17.3 Å². The van der Waals surface area contributed by atoms with E-state index in [0.717, 1.165) is 30.2 Å². The Bertz CT molecular complexity index is 607. The Labute approximate surface area is 119 Å². The van der Waals surface area contributed by atoms with Crippen molar-refractivity contribution in [2.75, 3.05) is 31.6 Å². The van der Waals surface area contributed by atoms with E-state index in [0.29, 0.717) is 18.4 Å². The fraction of sp³-hybridized carbons (Fsp3) is 0.333. The summed E-state index contributed by atoms with van der Waals surface area (Å²) in [4.78, 5) is 13.3. The molecule has 1 aromatic rings. The van der Waals surface area contributed by atoms with Gasteiger partial charge in [0.05, 0.1) is 12.2 Å². The van der Waals surface area contributed by atoms with Gasteiger partial charge in [-0.25, -0.2) is 9.98 Å². The zero-order valence-corrected chi connectivity index (χ0v) is 11.5. The van der Waals surface area contributed by atoms with Crippen LogP contribution in [0.5, 0.6) is 0 Å². The van der Waals surface area contributed by atoms with Crippen LogP contribution in [-0.4, -0.2) is 48.4 Å². The van der Waals surface area contributed by atoms with Gasteiger partial charge in [-0.1, -0.05) is 12.5 Å². The summed E-state index contributed by atoms with van der Waals surface area (Å²) in [7, 11) is 1.99. The smallest absolute Gasteiger partial charge is 0.178 e. The Hall–Kier alpha value is -2.32. The topological polar surface area (TPSA) is 43.8 Å². The van der Waals surface area contributed by atoms with Crippen LogP contribution in [0.4, 0.5) is 11.5 Å². The Morgan fingerprint density at radius 1 is 1.55 bits per heavy atom. The van der Waals surface area contributed by atoms with Gasteiger partial charge >= 0.3 is 0 Å². The molecule has 0 atom stereocenters. The van der Waals surface area contributed by atoms with Gasteiger partial charge in [-0.05, 0) is 19.3 Å². The maximum atomic E-state index is 5.42. The molecule has 1 aromatic heterocycles. The van der Waals surface area contributed by atoms with Gasteiger partial charge in [0.1, 0.15) is 5.84 Å². The van der Waals surface area contributed by atoms with Gasteiger partial charge in [0.2, 0.25) is 0 Å². The van der Waals surface area contributed by atoms with Gasteiger partial charge in [0.15, 0.2) is 5.82 Å². The van der Waals surface area contributed by atoms with Crippen molar-refractivity contribution in [2.45, 2.75) is 6.04 Å². The molecule has 0 aliphatic carbocycles. The Balaban J connectivity index is 1.91. The molecule has 0 bridgehead atoms. The van der Waals surface area contributed by atoms with Crippen molar-refractivity contribution in [3.05, 3.63) is 30.6 Å². The van der Waals surface area contributed by atoms with Crippen molar-refractivity contribution in [1.82, 2.24) is 15.2 Å². The van der Waals surface area contributed by atoms with Crippen LogP contribution >= 0.6 is 0 Å². The number of anilines is 1. The summed E-state index contributed by atoms with van der Waals surface area (Å²) in [6, 6.07) is 2.48. The first kappa shape index (κ1) is 12.7. The molecule has 102 valence electrons. The maximum absolute atomic E-state index is 5.42. The fourth-order valence-corrected chi connectivity index (χ4v) is 2.42. The first-order valence-corrected chi connectivity index (χ1v) is 6.60. The lowest BCUT2D eigenvalue weighted by Crippen LogP contribution is -2.60. The average molecular weight is 267 g/mol. The third-order valence-corrected chi connectivity index (χ3v) is 3.75. The van der Waals surface area contributed by atoms with E-state index in [1.807, 2.05) is 18.0 Å². The highest BCUT2D eigenvalue weighted by molar-refractivity contribution is 5.94. The molecule has 3 heterocycles. The highest BCUT2D eigenvalue weighted by atomic mass is 15.3. The highest BCUT2D eigenvalue weighted by Gasteiger charge is 2.31. The molecule has 0 spiro atoms. The number of likely N-dealkylation sites (N-methyl/N-ethyl adjacent to an activating group) is 1. The van der Waals surface area contributed by atoms with Crippen LogP contribution in [0.15, 0.2) is 30.0 Å². The van der Waals surface area contributed by atoms with Crippen LogP contribution in [0.25, 0.3) is 0 Å². The van der Waals surface area contributed by atoms with Gasteiger partial charge in [0, 0.05) is 30.9 Å². The van der Waals surface area contributed by atoms with E-state index in [2.05, 4.69) is 32.7 Å². The van der Waals surface area contributed by atoms with Crippen LogP contribution in [0.3, 0.4) is 0 Å². The summed E-state index contributed by atoms with van der Waals surface area (Å²) in [6.07, 6.45) is 8.90. The second-order valence-corrected chi connectivity index (χ2v) is 4.94. The quantitative estimate of drug-likeness (QED) is 0.811. The van der Waals surface area contributed by atoms with E-state index in [-0.39, 0.29) is 0 Å². The number of pyridine rings is 1. The molecule has 0 radical (unpaired) electrons. The SMILES string of the molecule is C#Cc1cnc2c(c1)N(C=C)CC(N1CC(NC)C1)=N2. The summed E-state index contributed by atoms with van der Waals surface area (Å²) in [5.41, 5.74) is 1.68. The molecule has 3 rings (SSSR count).